The summed E-state index contributed by atoms with van der Waals surface area (Å²) in [6.45, 7) is 0.174. The van der Waals surface area contributed by atoms with Gasteiger partial charge in [-0.15, -0.1) is 0 Å². The first-order valence-corrected chi connectivity index (χ1v) is 6.64. The van der Waals surface area contributed by atoms with Crippen molar-refractivity contribution in [3.8, 4) is 0 Å². The van der Waals surface area contributed by atoms with Crippen molar-refractivity contribution in [2.75, 3.05) is 12.4 Å². The summed E-state index contributed by atoms with van der Waals surface area (Å²) in [7, 11) is -3.18. The number of hydrogen-bond donors (Lipinski definition) is 2. The fourth-order valence-corrected chi connectivity index (χ4v) is 2.54. The zero-order valence-electron chi connectivity index (χ0n) is 8.52. The summed E-state index contributed by atoms with van der Waals surface area (Å²) in [6.07, 6.45) is 5.75. The molecule has 1 rings (SSSR count). The van der Waals surface area contributed by atoms with Gasteiger partial charge in [0.1, 0.15) is 0 Å². The Morgan fingerprint density at radius 3 is 2.60 bits per heavy atom. The number of imidazole rings is 1. The minimum atomic E-state index is -3.18. The van der Waals surface area contributed by atoms with Crippen LogP contribution in [0.4, 0.5) is 0 Å². The lowest BCUT2D eigenvalue weighted by Gasteiger charge is -2.01. The first-order chi connectivity index (χ1) is 7.17. The predicted octanol–water partition coefficient (Wildman–Crippen LogP) is 0.736. The molecule has 0 aliphatic carbocycles. The van der Waals surface area contributed by atoms with Gasteiger partial charge in [-0.3, -0.25) is 0 Å². The van der Waals surface area contributed by atoms with Gasteiger partial charge in [0.2, 0.25) is 0 Å². The Labute approximate surface area is 89.5 Å². The fourth-order valence-electron chi connectivity index (χ4n) is 1.28. The van der Waals surface area contributed by atoms with Crippen LogP contribution in [-0.4, -0.2) is 35.9 Å². The van der Waals surface area contributed by atoms with Crippen molar-refractivity contribution in [3.63, 3.8) is 0 Å². The van der Waals surface area contributed by atoms with E-state index in [2.05, 4.69) is 9.97 Å². The van der Waals surface area contributed by atoms with E-state index in [1.54, 1.807) is 0 Å². The van der Waals surface area contributed by atoms with Crippen LogP contribution in [0, 0.1) is 0 Å². The van der Waals surface area contributed by atoms with E-state index in [0.717, 1.165) is 19.3 Å². The molecule has 1 aromatic rings. The van der Waals surface area contributed by atoms with Gasteiger partial charge >= 0.3 is 0 Å². The molecule has 0 spiro atoms. The Balaban J connectivity index is 2.32. The van der Waals surface area contributed by atoms with Crippen LogP contribution in [0.15, 0.2) is 17.6 Å². The molecule has 0 unspecified atom stereocenters. The molecule has 0 radical (unpaired) electrons. The van der Waals surface area contributed by atoms with Crippen LogP contribution in [-0.2, 0) is 9.84 Å². The molecule has 0 bridgehead atoms. The van der Waals surface area contributed by atoms with Crippen molar-refractivity contribution in [3.05, 3.63) is 12.5 Å². The maximum atomic E-state index is 11.6. The van der Waals surface area contributed by atoms with Gasteiger partial charge in [-0.05, 0) is 12.8 Å². The third kappa shape index (κ3) is 4.01. The molecule has 15 heavy (non-hydrogen) atoms. The summed E-state index contributed by atoms with van der Waals surface area (Å²) in [5.74, 6) is 0.140. The second-order valence-corrected chi connectivity index (χ2v) is 5.45. The summed E-state index contributed by atoms with van der Waals surface area (Å²) in [5.41, 5.74) is 0. The fraction of sp³-hybridized carbons (Fsp3) is 0.667. The molecule has 0 aromatic carbocycles. The minimum Gasteiger partial charge on any atom is -0.396 e. The van der Waals surface area contributed by atoms with Crippen molar-refractivity contribution in [2.24, 2.45) is 0 Å². The van der Waals surface area contributed by atoms with E-state index in [-0.39, 0.29) is 17.4 Å². The SMILES string of the molecule is O=S(=O)(CCCCCCO)c1cnc[nH]1. The van der Waals surface area contributed by atoms with E-state index in [1.165, 1.54) is 12.5 Å². The van der Waals surface area contributed by atoms with Gasteiger partial charge in [-0.1, -0.05) is 12.8 Å². The average Bonchev–Trinajstić information content (AvgIpc) is 2.70. The summed E-state index contributed by atoms with van der Waals surface area (Å²) in [5, 5.41) is 8.73. The maximum Gasteiger partial charge on any atom is 0.195 e. The van der Waals surface area contributed by atoms with Crippen LogP contribution in [0.25, 0.3) is 0 Å². The quantitative estimate of drug-likeness (QED) is 0.679. The van der Waals surface area contributed by atoms with Crippen molar-refractivity contribution >= 4 is 9.84 Å². The van der Waals surface area contributed by atoms with E-state index in [0.29, 0.717) is 6.42 Å². The third-order valence-corrected chi connectivity index (χ3v) is 3.85. The molecule has 0 saturated carbocycles. The zero-order chi connectivity index (χ0) is 11.1. The largest absolute Gasteiger partial charge is 0.396 e. The van der Waals surface area contributed by atoms with E-state index in [9.17, 15) is 8.42 Å². The highest BCUT2D eigenvalue weighted by Crippen LogP contribution is 2.09. The first-order valence-electron chi connectivity index (χ1n) is 4.99. The number of unbranched alkanes of at least 4 members (excludes halogenated alkanes) is 3. The Morgan fingerprint density at radius 1 is 1.27 bits per heavy atom. The number of sulfone groups is 1. The van der Waals surface area contributed by atoms with Crippen LogP contribution < -0.4 is 0 Å². The number of aromatic amines is 1. The number of aromatic nitrogens is 2. The van der Waals surface area contributed by atoms with Crippen molar-refractivity contribution < 1.29 is 13.5 Å². The maximum absolute atomic E-state index is 11.6. The molecule has 0 aliphatic rings. The molecule has 0 amide bonds. The second-order valence-electron chi connectivity index (χ2n) is 3.37. The lowest BCUT2D eigenvalue weighted by molar-refractivity contribution is 0.283. The van der Waals surface area contributed by atoms with Crippen LogP contribution in [0.5, 0.6) is 0 Å². The number of nitrogens with zero attached hydrogens (tertiary/aromatic N) is 1. The van der Waals surface area contributed by atoms with Gasteiger partial charge in [-0.2, -0.15) is 0 Å². The van der Waals surface area contributed by atoms with Gasteiger partial charge in [-0.25, -0.2) is 13.4 Å². The summed E-state index contributed by atoms with van der Waals surface area (Å²) in [4.78, 5) is 6.27. The lowest BCUT2D eigenvalue weighted by Crippen LogP contribution is -2.07. The van der Waals surface area contributed by atoms with Crippen LogP contribution in [0.2, 0.25) is 0 Å². The molecule has 86 valence electrons. The Bertz CT molecular complexity index is 359. The molecule has 0 fully saturated rings. The Morgan fingerprint density at radius 2 is 2.00 bits per heavy atom. The molecule has 0 saturated heterocycles. The predicted molar refractivity (Wildman–Crippen MR) is 56.2 cm³/mol. The monoisotopic (exact) mass is 232 g/mol. The molecular weight excluding hydrogens is 216 g/mol. The average molecular weight is 232 g/mol. The first kappa shape index (κ1) is 12.2. The topological polar surface area (TPSA) is 83.1 Å². The number of hydrogen-bond acceptors (Lipinski definition) is 4. The normalized spacial score (nSPS) is 11.8. The smallest absolute Gasteiger partial charge is 0.195 e. The van der Waals surface area contributed by atoms with Crippen molar-refractivity contribution in [1.29, 1.82) is 0 Å². The molecule has 1 aromatic heterocycles. The standard InChI is InChI=1S/C9H16N2O3S/c12-5-3-1-2-4-6-15(13,14)9-7-10-8-11-9/h7-8,12H,1-6H2,(H,10,11). The van der Waals surface area contributed by atoms with Gasteiger partial charge in [0.05, 0.1) is 18.3 Å². The summed E-state index contributed by atoms with van der Waals surface area (Å²) >= 11 is 0. The second kappa shape index (κ2) is 5.87. The third-order valence-electron chi connectivity index (χ3n) is 2.13. The highest BCUT2D eigenvalue weighted by atomic mass is 32.2. The van der Waals surface area contributed by atoms with Gasteiger partial charge in [0.15, 0.2) is 14.9 Å². The molecular formula is C9H16N2O3S. The zero-order valence-corrected chi connectivity index (χ0v) is 9.33. The van der Waals surface area contributed by atoms with E-state index in [4.69, 9.17) is 5.11 Å². The molecule has 0 aliphatic heterocycles. The summed E-state index contributed by atoms with van der Waals surface area (Å²) in [6, 6.07) is 0. The van der Waals surface area contributed by atoms with Crippen molar-refractivity contribution in [1.82, 2.24) is 9.97 Å². The Kier molecular flexibility index (Phi) is 4.77. The summed E-state index contributed by atoms with van der Waals surface area (Å²) < 4.78 is 23.2. The number of aliphatic hydroxyl groups is 1. The molecule has 5 nitrogen and oxygen atoms in total. The molecule has 0 atom stereocenters. The molecule has 2 N–H and O–H groups in total. The number of H-pyrrole nitrogens is 1. The minimum absolute atomic E-state index is 0.140. The number of aliphatic hydroxyl groups excluding tert-OH is 1. The number of rotatable bonds is 7. The molecule has 1 heterocycles. The van der Waals surface area contributed by atoms with E-state index < -0.39 is 9.84 Å². The highest BCUT2D eigenvalue weighted by molar-refractivity contribution is 7.91. The van der Waals surface area contributed by atoms with E-state index in [1.807, 2.05) is 0 Å². The van der Waals surface area contributed by atoms with Crippen LogP contribution in [0.3, 0.4) is 0 Å². The van der Waals surface area contributed by atoms with Crippen LogP contribution >= 0.6 is 0 Å². The van der Waals surface area contributed by atoms with Crippen LogP contribution in [0.1, 0.15) is 25.7 Å². The van der Waals surface area contributed by atoms with Gasteiger partial charge in [0.25, 0.3) is 0 Å². The number of nitrogens with one attached hydrogen (secondary N) is 1. The van der Waals surface area contributed by atoms with Gasteiger partial charge in [0, 0.05) is 6.61 Å². The molecule has 6 heteroatoms. The highest BCUT2D eigenvalue weighted by Gasteiger charge is 2.14. The van der Waals surface area contributed by atoms with Crippen molar-refractivity contribution in [2.45, 2.75) is 30.7 Å². The van der Waals surface area contributed by atoms with Gasteiger partial charge < -0.3 is 10.1 Å². The lowest BCUT2D eigenvalue weighted by atomic mass is 10.2. The Hall–Kier alpha value is -0.880. The van der Waals surface area contributed by atoms with E-state index >= 15 is 0 Å².